The van der Waals surface area contributed by atoms with Crippen molar-refractivity contribution in [2.45, 2.75) is 13.8 Å². The average molecular weight is 392 g/mol. The summed E-state index contributed by atoms with van der Waals surface area (Å²) >= 11 is 0. The number of nitrogens with one attached hydrogen (secondary N) is 2. The van der Waals surface area contributed by atoms with E-state index >= 15 is 0 Å². The number of nitro groups is 4. The second kappa shape index (κ2) is 7.48. The Hall–Kier alpha value is -4.36. The summed E-state index contributed by atoms with van der Waals surface area (Å²) in [5.74, 6) is 0. The molecule has 14 heteroatoms. The summed E-state index contributed by atoms with van der Waals surface area (Å²) in [4.78, 5) is 40.3. The molecule has 0 heterocycles. The first-order valence-electron chi connectivity index (χ1n) is 7.43. The molecule has 0 atom stereocenters. The van der Waals surface area contributed by atoms with E-state index in [2.05, 4.69) is 10.9 Å². The molecule has 0 amide bonds. The summed E-state index contributed by atoms with van der Waals surface area (Å²) in [5.41, 5.74) is -0.688. The van der Waals surface area contributed by atoms with Gasteiger partial charge in [0.15, 0.2) is 5.69 Å². The molecular weight excluding hydrogens is 380 g/mol. The van der Waals surface area contributed by atoms with Crippen molar-refractivity contribution in [2.75, 3.05) is 10.9 Å². The number of para-hydroxylation sites is 1. The number of hydrogen-bond acceptors (Lipinski definition) is 10. The van der Waals surface area contributed by atoms with Gasteiger partial charge in [0.2, 0.25) is 0 Å². The Morgan fingerprint density at radius 3 is 1.61 bits per heavy atom. The molecule has 14 nitrogen and oxygen atoms in total. The van der Waals surface area contributed by atoms with E-state index in [0.717, 1.165) is 6.92 Å². The van der Waals surface area contributed by atoms with E-state index in [4.69, 9.17) is 0 Å². The maximum Gasteiger partial charge on any atom is 0.432 e. The van der Waals surface area contributed by atoms with E-state index in [1.807, 2.05) is 0 Å². The second-order valence-corrected chi connectivity index (χ2v) is 5.49. The molecule has 0 radical (unpaired) electrons. The van der Waals surface area contributed by atoms with E-state index in [1.54, 1.807) is 31.2 Å². The molecule has 2 rings (SSSR count). The topological polar surface area (TPSA) is 197 Å². The number of hydrogen-bond donors (Lipinski definition) is 2. The first kappa shape index (κ1) is 20.0. The fraction of sp³-hybridized carbons (Fsp3) is 0.143. The predicted octanol–water partition coefficient (Wildman–Crippen LogP) is 3.38. The van der Waals surface area contributed by atoms with Crippen LogP contribution in [0.25, 0.3) is 0 Å². The predicted molar refractivity (Wildman–Crippen MR) is 96.2 cm³/mol. The van der Waals surface area contributed by atoms with Crippen molar-refractivity contribution in [3.05, 3.63) is 75.8 Å². The number of benzene rings is 2. The van der Waals surface area contributed by atoms with Gasteiger partial charge >= 0.3 is 22.7 Å². The number of nitrogens with zero attached hydrogens (tertiary/aromatic N) is 4. The van der Waals surface area contributed by atoms with E-state index < -0.39 is 53.7 Å². The first-order chi connectivity index (χ1) is 13.1. The lowest BCUT2D eigenvalue weighted by atomic mass is 10.1. The van der Waals surface area contributed by atoms with Crippen molar-refractivity contribution in [3.63, 3.8) is 0 Å². The summed E-state index contributed by atoms with van der Waals surface area (Å²) in [6.07, 6.45) is 0. The Kier molecular flexibility index (Phi) is 5.33. The van der Waals surface area contributed by atoms with Crippen LogP contribution in [0.1, 0.15) is 11.1 Å². The molecule has 2 aromatic rings. The molecule has 2 aromatic carbocycles. The van der Waals surface area contributed by atoms with Crippen molar-refractivity contribution in [1.82, 2.24) is 0 Å². The van der Waals surface area contributed by atoms with Gasteiger partial charge < -0.3 is 5.43 Å². The van der Waals surface area contributed by atoms with E-state index in [1.165, 1.54) is 0 Å². The fourth-order valence-corrected chi connectivity index (χ4v) is 2.56. The van der Waals surface area contributed by atoms with Gasteiger partial charge in [-0.1, -0.05) is 18.2 Å². The summed E-state index contributed by atoms with van der Waals surface area (Å²) < 4.78 is 0. The molecule has 0 aliphatic carbocycles. The molecule has 0 aromatic heterocycles. The highest BCUT2D eigenvalue weighted by Gasteiger charge is 2.48. The third-order valence-electron chi connectivity index (χ3n) is 3.84. The van der Waals surface area contributed by atoms with Crippen molar-refractivity contribution in [2.24, 2.45) is 0 Å². The van der Waals surface area contributed by atoms with Crippen LogP contribution >= 0.6 is 0 Å². The second-order valence-electron chi connectivity index (χ2n) is 5.49. The van der Waals surface area contributed by atoms with Crippen LogP contribution in [0.15, 0.2) is 24.3 Å². The van der Waals surface area contributed by atoms with Crippen molar-refractivity contribution in [1.29, 1.82) is 0 Å². The zero-order valence-corrected chi connectivity index (χ0v) is 14.4. The number of hydrazine groups is 1. The van der Waals surface area contributed by atoms with Gasteiger partial charge in [-0.3, -0.25) is 45.9 Å². The van der Waals surface area contributed by atoms with Crippen LogP contribution in [0.2, 0.25) is 0 Å². The van der Waals surface area contributed by atoms with E-state index in [9.17, 15) is 40.5 Å². The van der Waals surface area contributed by atoms with Gasteiger partial charge in [-0.15, -0.1) is 0 Å². The van der Waals surface area contributed by atoms with Crippen LogP contribution in [0.3, 0.4) is 0 Å². The number of nitro benzene ring substituents is 4. The third-order valence-corrected chi connectivity index (χ3v) is 3.84. The van der Waals surface area contributed by atoms with Gasteiger partial charge in [0, 0.05) is 0 Å². The van der Waals surface area contributed by atoms with Crippen LogP contribution in [0, 0.1) is 54.3 Å². The lowest BCUT2D eigenvalue weighted by Crippen LogP contribution is -2.15. The van der Waals surface area contributed by atoms with E-state index in [-0.39, 0.29) is 0 Å². The number of rotatable bonds is 7. The van der Waals surface area contributed by atoms with E-state index in [0.29, 0.717) is 11.3 Å². The highest BCUT2D eigenvalue weighted by molar-refractivity contribution is 5.89. The molecule has 0 unspecified atom stereocenters. The van der Waals surface area contributed by atoms with Crippen LogP contribution < -0.4 is 10.9 Å². The monoisotopic (exact) mass is 392 g/mol. The van der Waals surface area contributed by atoms with Crippen LogP contribution in [0.4, 0.5) is 34.1 Å². The zero-order chi connectivity index (χ0) is 21.2. The zero-order valence-electron chi connectivity index (χ0n) is 14.4. The summed E-state index contributed by atoms with van der Waals surface area (Å²) in [7, 11) is 0. The molecule has 0 saturated carbocycles. The van der Waals surface area contributed by atoms with Gasteiger partial charge in [-0.2, -0.15) is 0 Å². The SMILES string of the molecule is Cc1ccccc1NNc1c(C)c([N+](=O)[O-])c([N+](=O)[O-])c([N+](=O)[O-])c1[N+](=O)[O-]. The molecule has 0 aliphatic rings. The molecule has 0 aliphatic heterocycles. The Labute approximate surface area is 155 Å². The van der Waals surface area contributed by atoms with Crippen molar-refractivity contribution >= 4 is 34.1 Å². The Morgan fingerprint density at radius 1 is 0.679 bits per heavy atom. The quantitative estimate of drug-likeness (QED) is 0.520. The minimum atomic E-state index is -1.58. The summed E-state index contributed by atoms with van der Waals surface area (Å²) in [6.45, 7) is 2.72. The average Bonchev–Trinajstić information content (AvgIpc) is 2.59. The normalized spacial score (nSPS) is 10.2. The summed E-state index contributed by atoms with van der Waals surface area (Å²) in [6, 6.07) is 6.64. The Morgan fingerprint density at radius 2 is 1.14 bits per heavy atom. The Bertz CT molecular complexity index is 1020. The number of anilines is 2. The van der Waals surface area contributed by atoms with Crippen LogP contribution in [-0.4, -0.2) is 19.7 Å². The van der Waals surface area contributed by atoms with Gasteiger partial charge in [0.05, 0.1) is 30.9 Å². The van der Waals surface area contributed by atoms with Gasteiger partial charge in [0.25, 0.3) is 0 Å². The standard InChI is InChI=1S/C14H12N6O8/c1-7-5-3-4-6-9(7)15-16-10-8(2)11(17(21)22)13(19(25)26)14(20(27)28)12(10)18(23)24/h3-6,15-16H,1-2H3. The highest BCUT2D eigenvalue weighted by atomic mass is 16.7. The van der Waals surface area contributed by atoms with Gasteiger partial charge in [-0.05, 0) is 25.5 Å². The largest absolute Gasteiger partial charge is 0.432 e. The van der Waals surface area contributed by atoms with Gasteiger partial charge in [0.1, 0.15) is 0 Å². The molecular formula is C14H12N6O8. The lowest BCUT2D eigenvalue weighted by molar-refractivity contribution is -0.451. The minimum absolute atomic E-state index is 0.430. The minimum Gasteiger partial charge on any atom is -0.300 e. The molecule has 0 spiro atoms. The van der Waals surface area contributed by atoms with Crippen LogP contribution in [-0.2, 0) is 0 Å². The molecule has 0 saturated heterocycles. The molecule has 0 fully saturated rings. The van der Waals surface area contributed by atoms with Crippen molar-refractivity contribution in [3.8, 4) is 0 Å². The Balaban J connectivity index is 2.82. The maximum atomic E-state index is 11.5. The maximum absolute atomic E-state index is 11.5. The van der Waals surface area contributed by atoms with Gasteiger partial charge in [-0.25, -0.2) is 0 Å². The smallest absolute Gasteiger partial charge is 0.300 e. The molecule has 28 heavy (non-hydrogen) atoms. The first-order valence-corrected chi connectivity index (χ1v) is 7.43. The molecule has 2 N–H and O–H groups in total. The molecule has 146 valence electrons. The molecule has 0 bridgehead atoms. The fourth-order valence-electron chi connectivity index (χ4n) is 2.56. The van der Waals surface area contributed by atoms with Crippen LogP contribution in [0.5, 0.6) is 0 Å². The number of aryl methyl sites for hydroxylation is 1. The van der Waals surface area contributed by atoms with Crippen molar-refractivity contribution < 1.29 is 19.7 Å². The summed E-state index contributed by atoms with van der Waals surface area (Å²) in [5, 5.41) is 45.4. The highest BCUT2D eigenvalue weighted by Crippen LogP contribution is 2.50. The third kappa shape index (κ3) is 3.46. The lowest BCUT2D eigenvalue weighted by Gasteiger charge is -2.14.